The molecular formula is C23H22Cl2N2O5S. The normalized spacial score (nSPS) is 12.0. The van der Waals surface area contributed by atoms with E-state index in [1.165, 1.54) is 37.4 Å². The van der Waals surface area contributed by atoms with Crippen LogP contribution in [0, 0.1) is 0 Å². The van der Waals surface area contributed by atoms with Gasteiger partial charge in [0.05, 0.1) is 28.8 Å². The fraction of sp³-hybridized carbons (Fsp3) is 0.174. The first-order valence-corrected chi connectivity index (χ1v) is 12.1. The highest BCUT2D eigenvalue weighted by atomic mass is 35.5. The first-order chi connectivity index (χ1) is 15.7. The second-order valence-corrected chi connectivity index (χ2v) is 9.58. The molecule has 10 heteroatoms. The average molecular weight is 509 g/mol. The summed E-state index contributed by atoms with van der Waals surface area (Å²) in [4.78, 5) is 12.2. The Balaban J connectivity index is 1.56. The van der Waals surface area contributed by atoms with Crippen molar-refractivity contribution in [1.82, 2.24) is 5.32 Å². The largest absolute Gasteiger partial charge is 0.495 e. The number of sulfonamides is 1. The molecule has 0 radical (unpaired) electrons. The van der Waals surface area contributed by atoms with E-state index in [1.807, 2.05) is 19.1 Å². The third-order valence-electron chi connectivity index (χ3n) is 4.66. The van der Waals surface area contributed by atoms with E-state index in [1.54, 1.807) is 24.3 Å². The Morgan fingerprint density at radius 2 is 1.67 bits per heavy atom. The number of methoxy groups -OCH3 is 1. The quantitative estimate of drug-likeness (QED) is 0.421. The van der Waals surface area contributed by atoms with Crippen LogP contribution in [-0.4, -0.2) is 28.0 Å². The summed E-state index contributed by atoms with van der Waals surface area (Å²) in [5.74, 6) is 0.482. The van der Waals surface area contributed by atoms with Crippen molar-refractivity contribution < 1.29 is 22.7 Å². The summed E-state index contributed by atoms with van der Waals surface area (Å²) in [5.41, 5.74) is 1.21. The van der Waals surface area contributed by atoms with Gasteiger partial charge in [-0.05, 0) is 67.1 Å². The molecule has 0 heterocycles. The standard InChI is InChI=1S/C23H22Cl2N2O5S/c1-15(16-3-5-17(24)6-4-16)26-23(28)14-32-19-8-10-20(11-9-19)33(29,30)27-18-7-12-22(31-2)21(25)13-18/h3-13,15,27H,14H2,1-2H3,(H,26,28). The monoisotopic (exact) mass is 508 g/mol. The number of rotatable bonds is 9. The summed E-state index contributed by atoms with van der Waals surface area (Å²) in [7, 11) is -2.37. The predicted molar refractivity (Wildman–Crippen MR) is 129 cm³/mol. The summed E-state index contributed by atoms with van der Waals surface area (Å²) in [5, 5.41) is 3.73. The Bertz CT molecular complexity index is 1220. The second-order valence-electron chi connectivity index (χ2n) is 7.06. The molecule has 0 spiro atoms. The lowest BCUT2D eigenvalue weighted by Crippen LogP contribution is -2.31. The van der Waals surface area contributed by atoms with Crippen LogP contribution in [0.15, 0.2) is 71.6 Å². The van der Waals surface area contributed by atoms with Gasteiger partial charge in [0.1, 0.15) is 11.5 Å². The van der Waals surface area contributed by atoms with Crippen molar-refractivity contribution >= 4 is 44.8 Å². The maximum atomic E-state index is 12.6. The van der Waals surface area contributed by atoms with Crippen molar-refractivity contribution in [2.24, 2.45) is 0 Å². The fourth-order valence-corrected chi connectivity index (χ4v) is 4.36. The van der Waals surface area contributed by atoms with Crippen molar-refractivity contribution in [2.75, 3.05) is 18.4 Å². The summed E-state index contributed by atoms with van der Waals surface area (Å²) >= 11 is 11.9. The molecule has 0 aliphatic carbocycles. The van der Waals surface area contributed by atoms with Gasteiger partial charge in [-0.3, -0.25) is 9.52 Å². The molecule has 33 heavy (non-hydrogen) atoms. The minimum absolute atomic E-state index is 0.0302. The molecular weight excluding hydrogens is 487 g/mol. The number of carbonyl (C=O) groups is 1. The highest BCUT2D eigenvalue weighted by Crippen LogP contribution is 2.28. The Labute approximate surface area is 202 Å². The van der Waals surface area contributed by atoms with Gasteiger partial charge in [0.25, 0.3) is 15.9 Å². The summed E-state index contributed by atoms with van der Waals surface area (Å²) in [6.07, 6.45) is 0. The molecule has 2 N–H and O–H groups in total. The Morgan fingerprint density at radius 1 is 1.00 bits per heavy atom. The maximum Gasteiger partial charge on any atom is 0.261 e. The molecule has 174 valence electrons. The van der Waals surface area contributed by atoms with Gasteiger partial charge in [-0.25, -0.2) is 8.42 Å². The van der Waals surface area contributed by atoms with Crippen LogP contribution < -0.4 is 19.5 Å². The molecule has 1 atom stereocenters. The van der Waals surface area contributed by atoms with E-state index < -0.39 is 10.0 Å². The third kappa shape index (κ3) is 6.77. The second kappa shape index (κ2) is 10.8. The number of amides is 1. The lowest BCUT2D eigenvalue weighted by Gasteiger charge is -2.15. The van der Waals surface area contributed by atoms with Crippen LogP contribution in [0.5, 0.6) is 11.5 Å². The molecule has 1 unspecified atom stereocenters. The number of nitrogens with one attached hydrogen (secondary N) is 2. The van der Waals surface area contributed by atoms with Gasteiger partial charge in [0, 0.05) is 5.02 Å². The Hall–Kier alpha value is -2.94. The van der Waals surface area contributed by atoms with Crippen molar-refractivity contribution in [3.05, 3.63) is 82.3 Å². The van der Waals surface area contributed by atoms with Crippen LogP contribution in [-0.2, 0) is 14.8 Å². The first kappa shape index (κ1) is 24.7. The lowest BCUT2D eigenvalue weighted by atomic mass is 10.1. The minimum Gasteiger partial charge on any atom is -0.495 e. The molecule has 0 fully saturated rings. The van der Waals surface area contributed by atoms with Crippen molar-refractivity contribution in [3.63, 3.8) is 0 Å². The molecule has 1 amide bonds. The van der Waals surface area contributed by atoms with Crippen LogP contribution in [0.2, 0.25) is 10.0 Å². The van der Waals surface area contributed by atoms with Crippen LogP contribution >= 0.6 is 23.2 Å². The van der Waals surface area contributed by atoms with Gasteiger partial charge in [-0.15, -0.1) is 0 Å². The van der Waals surface area contributed by atoms with E-state index in [4.69, 9.17) is 32.7 Å². The van der Waals surface area contributed by atoms with Gasteiger partial charge in [0.15, 0.2) is 6.61 Å². The van der Waals surface area contributed by atoms with Gasteiger partial charge in [-0.1, -0.05) is 35.3 Å². The molecule has 0 bridgehead atoms. The number of hydrogen-bond acceptors (Lipinski definition) is 5. The molecule has 0 aliphatic rings. The Morgan fingerprint density at radius 3 is 2.27 bits per heavy atom. The maximum absolute atomic E-state index is 12.6. The zero-order valence-corrected chi connectivity index (χ0v) is 20.2. The van der Waals surface area contributed by atoms with Crippen LogP contribution in [0.1, 0.15) is 18.5 Å². The molecule has 7 nitrogen and oxygen atoms in total. The average Bonchev–Trinajstić information content (AvgIpc) is 2.78. The molecule has 3 aromatic carbocycles. The van der Waals surface area contributed by atoms with Crippen molar-refractivity contribution in [1.29, 1.82) is 0 Å². The van der Waals surface area contributed by atoms with E-state index in [0.717, 1.165) is 5.56 Å². The molecule has 0 saturated heterocycles. The highest BCUT2D eigenvalue weighted by Gasteiger charge is 2.16. The number of carbonyl (C=O) groups excluding carboxylic acids is 1. The number of hydrogen-bond donors (Lipinski definition) is 2. The molecule has 0 aliphatic heterocycles. The molecule has 0 saturated carbocycles. The van der Waals surface area contributed by atoms with E-state index in [-0.39, 0.29) is 28.5 Å². The third-order valence-corrected chi connectivity index (χ3v) is 6.60. The summed E-state index contributed by atoms with van der Waals surface area (Å²) in [6, 6.07) is 17.3. The zero-order valence-electron chi connectivity index (χ0n) is 17.8. The first-order valence-electron chi connectivity index (χ1n) is 9.82. The summed E-state index contributed by atoms with van der Waals surface area (Å²) < 4.78 is 38.2. The lowest BCUT2D eigenvalue weighted by molar-refractivity contribution is -0.123. The zero-order chi connectivity index (χ0) is 24.0. The Kier molecular flexibility index (Phi) is 8.07. The molecule has 3 aromatic rings. The van der Waals surface area contributed by atoms with E-state index in [2.05, 4.69) is 10.0 Å². The number of halogens is 2. The van der Waals surface area contributed by atoms with Crippen LogP contribution in [0.4, 0.5) is 5.69 Å². The van der Waals surface area contributed by atoms with Crippen LogP contribution in [0.25, 0.3) is 0 Å². The van der Waals surface area contributed by atoms with Crippen molar-refractivity contribution in [2.45, 2.75) is 17.9 Å². The molecule has 3 rings (SSSR count). The van der Waals surface area contributed by atoms with Gasteiger partial charge >= 0.3 is 0 Å². The SMILES string of the molecule is COc1ccc(NS(=O)(=O)c2ccc(OCC(=O)NC(C)c3ccc(Cl)cc3)cc2)cc1Cl. The van der Waals surface area contributed by atoms with Crippen molar-refractivity contribution in [3.8, 4) is 11.5 Å². The summed E-state index contributed by atoms with van der Waals surface area (Å²) in [6.45, 7) is 1.64. The number of benzene rings is 3. The van der Waals surface area contributed by atoms with E-state index in [0.29, 0.717) is 22.2 Å². The van der Waals surface area contributed by atoms with Gasteiger partial charge in [0.2, 0.25) is 0 Å². The van der Waals surface area contributed by atoms with Crippen LogP contribution in [0.3, 0.4) is 0 Å². The highest BCUT2D eigenvalue weighted by molar-refractivity contribution is 7.92. The van der Waals surface area contributed by atoms with E-state index >= 15 is 0 Å². The predicted octanol–water partition coefficient (Wildman–Crippen LogP) is 5.06. The van der Waals surface area contributed by atoms with E-state index in [9.17, 15) is 13.2 Å². The molecule has 0 aromatic heterocycles. The fourth-order valence-electron chi connectivity index (χ4n) is 2.93. The smallest absolute Gasteiger partial charge is 0.261 e. The number of anilines is 1. The topological polar surface area (TPSA) is 93.7 Å². The minimum atomic E-state index is -3.84. The van der Waals surface area contributed by atoms with Gasteiger partial charge < -0.3 is 14.8 Å². The van der Waals surface area contributed by atoms with Gasteiger partial charge in [-0.2, -0.15) is 0 Å². The number of ether oxygens (including phenoxy) is 2.